The van der Waals surface area contributed by atoms with Gasteiger partial charge in [0.1, 0.15) is 11.5 Å². The third-order valence-electron chi connectivity index (χ3n) is 3.39. The van der Waals surface area contributed by atoms with E-state index in [1.165, 1.54) is 12.1 Å². The van der Waals surface area contributed by atoms with Crippen molar-refractivity contribution in [2.45, 2.75) is 12.9 Å². The van der Waals surface area contributed by atoms with Crippen LogP contribution in [0, 0.1) is 5.82 Å². The summed E-state index contributed by atoms with van der Waals surface area (Å²) in [5, 5.41) is 3.37. The maximum atomic E-state index is 13.1. The summed E-state index contributed by atoms with van der Waals surface area (Å²) in [5.41, 5.74) is -1.43. The molecule has 11 heteroatoms. The second-order valence-corrected chi connectivity index (χ2v) is 5.20. The maximum absolute atomic E-state index is 13.1. The molecular formula is C16H9F4N3O4. The van der Waals surface area contributed by atoms with Crippen molar-refractivity contribution in [3.8, 4) is 11.5 Å². The molecule has 27 heavy (non-hydrogen) atoms. The first kappa shape index (κ1) is 18.3. The highest BCUT2D eigenvalue weighted by molar-refractivity contribution is 5.89. The first-order valence-electron chi connectivity index (χ1n) is 7.28. The Balaban J connectivity index is 1.86. The minimum Gasteiger partial charge on any atom is -0.440 e. The number of rotatable bonds is 4. The average molecular weight is 383 g/mol. The summed E-state index contributed by atoms with van der Waals surface area (Å²) in [6.45, 7) is -0.717. The van der Waals surface area contributed by atoms with Crippen molar-refractivity contribution in [1.29, 1.82) is 0 Å². The number of nitrogens with zero attached hydrogens (tertiary/aromatic N) is 3. The van der Waals surface area contributed by atoms with Gasteiger partial charge in [0.25, 0.3) is 0 Å². The van der Waals surface area contributed by atoms with Gasteiger partial charge in [0.05, 0.1) is 11.1 Å². The van der Waals surface area contributed by atoms with Gasteiger partial charge < -0.3 is 4.74 Å². The second-order valence-electron chi connectivity index (χ2n) is 5.20. The van der Waals surface area contributed by atoms with Gasteiger partial charge in [0.2, 0.25) is 5.82 Å². The molecule has 0 fully saturated rings. The number of carbonyl (C=O) groups is 1. The van der Waals surface area contributed by atoms with E-state index in [0.717, 1.165) is 24.4 Å². The van der Waals surface area contributed by atoms with Crippen molar-refractivity contribution >= 4 is 5.97 Å². The van der Waals surface area contributed by atoms with E-state index < -0.39 is 36.0 Å². The molecule has 0 aliphatic carbocycles. The molecule has 0 N–H and O–H groups in total. The number of esters is 1. The molecule has 0 spiro atoms. The molecular weight excluding hydrogens is 374 g/mol. The molecule has 0 aliphatic heterocycles. The quantitative estimate of drug-likeness (QED) is 0.509. The van der Waals surface area contributed by atoms with Gasteiger partial charge in [-0.3, -0.25) is 9.51 Å². The minimum atomic E-state index is -4.63. The normalized spacial score (nSPS) is 11.4. The molecule has 0 saturated carbocycles. The number of hydrogen-bond acceptors (Lipinski definition) is 6. The van der Waals surface area contributed by atoms with E-state index >= 15 is 0 Å². The largest absolute Gasteiger partial charge is 0.444 e. The number of aromatic nitrogens is 3. The van der Waals surface area contributed by atoms with Crippen molar-refractivity contribution in [3.63, 3.8) is 0 Å². The summed E-state index contributed by atoms with van der Waals surface area (Å²) >= 11 is 0. The van der Waals surface area contributed by atoms with Crippen LogP contribution in [0.1, 0.15) is 15.9 Å². The van der Waals surface area contributed by atoms with Crippen molar-refractivity contribution in [2.75, 3.05) is 0 Å². The summed E-state index contributed by atoms with van der Waals surface area (Å²) in [7, 11) is 0. The fraction of sp³-hybridized carbons (Fsp3) is 0.125. The van der Waals surface area contributed by atoms with E-state index in [-0.39, 0.29) is 17.1 Å². The highest BCUT2D eigenvalue weighted by Gasteiger charge is 2.31. The molecule has 0 saturated heterocycles. The molecule has 0 atom stereocenters. The first-order chi connectivity index (χ1) is 12.8. The Morgan fingerprint density at radius 2 is 2.00 bits per heavy atom. The third-order valence-corrected chi connectivity index (χ3v) is 3.39. The van der Waals surface area contributed by atoms with E-state index in [2.05, 4.69) is 14.7 Å². The van der Waals surface area contributed by atoms with Crippen LogP contribution in [0.5, 0.6) is 0 Å². The van der Waals surface area contributed by atoms with E-state index in [1.54, 1.807) is 0 Å². The van der Waals surface area contributed by atoms with Gasteiger partial charge in [-0.1, -0.05) is 11.2 Å². The van der Waals surface area contributed by atoms with Crippen molar-refractivity contribution < 1.29 is 31.6 Å². The number of pyridine rings is 1. The first-order valence-corrected chi connectivity index (χ1v) is 7.28. The maximum Gasteiger partial charge on any atom is 0.444 e. The fourth-order valence-corrected chi connectivity index (χ4v) is 2.12. The van der Waals surface area contributed by atoms with Crippen LogP contribution in [0.25, 0.3) is 11.5 Å². The monoisotopic (exact) mass is 383 g/mol. The molecule has 0 unspecified atom stereocenters. The SMILES string of the molecule is O=C(OCn1c(-c2cc(C(F)(F)F)ccn2)noc1=O)c1cccc(F)c1. The van der Waals surface area contributed by atoms with Gasteiger partial charge >= 0.3 is 17.9 Å². The lowest BCUT2D eigenvalue weighted by Gasteiger charge is -2.09. The lowest BCUT2D eigenvalue weighted by Crippen LogP contribution is -2.20. The van der Waals surface area contributed by atoms with Gasteiger partial charge in [-0.25, -0.2) is 18.5 Å². The van der Waals surface area contributed by atoms with E-state index in [9.17, 15) is 27.2 Å². The fourth-order valence-electron chi connectivity index (χ4n) is 2.12. The number of ether oxygens (including phenoxy) is 1. The topological polar surface area (TPSA) is 87.2 Å². The average Bonchev–Trinajstić information content (AvgIpc) is 2.99. The summed E-state index contributed by atoms with van der Waals surface area (Å²) in [5.74, 6) is -3.06. The van der Waals surface area contributed by atoms with E-state index in [4.69, 9.17) is 4.74 Å². The van der Waals surface area contributed by atoms with Crippen molar-refractivity contribution in [1.82, 2.24) is 14.7 Å². The van der Waals surface area contributed by atoms with Crippen LogP contribution in [0.3, 0.4) is 0 Å². The summed E-state index contributed by atoms with van der Waals surface area (Å²) in [6, 6.07) is 6.04. The Morgan fingerprint density at radius 1 is 1.22 bits per heavy atom. The Morgan fingerprint density at radius 3 is 2.70 bits per heavy atom. The Labute approximate surface area is 147 Å². The Bertz CT molecular complexity index is 1040. The van der Waals surface area contributed by atoms with Crippen LogP contribution < -0.4 is 5.76 Å². The minimum absolute atomic E-state index is 0.113. The smallest absolute Gasteiger partial charge is 0.440 e. The molecule has 0 bridgehead atoms. The summed E-state index contributed by atoms with van der Waals surface area (Å²) < 4.78 is 61.6. The van der Waals surface area contributed by atoms with Gasteiger partial charge in [-0.15, -0.1) is 0 Å². The Kier molecular flexibility index (Phi) is 4.75. The number of carbonyl (C=O) groups excluding carboxylic acids is 1. The van der Waals surface area contributed by atoms with Crippen LogP contribution >= 0.6 is 0 Å². The van der Waals surface area contributed by atoms with Gasteiger partial charge in [0.15, 0.2) is 6.73 Å². The molecule has 3 rings (SSSR count). The molecule has 1 aromatic carbocycles. The number of alkyl halides is 3. The van der Waals surface area contributed by atoms with E-state index in [1.807, 2.05) is 0 Å². The van der Waals surface area contributed by atoms with Crippen molar-refractivity contribution in [3.05, 3.63) is 70.1 Å². The van der Waals surface area contributed by atoms with Crippen molar-refractivity contribution in [2.24, 2.45) is 0 Å². The zero-order valence-electron chi connectivity index (χ0n) is 13.2. The molecule has 0 amide bonds. The molecule has 0 aliphatic rings. The number of benzene rings is 1. The predicted molar refractivity (Wildman–Crippen MR) is 80.8 cm³/mol. The van der Waals surface area contributed by atoms with Crippen LogP contribution in [0.4, 0.5) is 17.6 Å². The molecule has 0 radical (unpaired) electrons. The third kappa shape index (κ3) is 4.02. The van der Waals surface area contributed by atoms with Gasteiger partial charge in [-0.05, 0) is 30.3 Å². The Hall–Kier alpha value is -3.50. The van der Waals surface area contributed by atoms with Gasteiger partial charge in [0, 0.05) is 6.20 Å². The van der Waals surface area contributed by atoms with Crippen LogP contribution in [0.2, 0.25) is 0 Å². The van der Waals surface area contributed by atoms with Crippen LogP contribution in [-0.2, 0) is 17.6 Å². The molecule has 140 valence electrons. The second kappa shape index (κ2) is 7.02. The molecule has 7 nitrogen and oxygen atoms in total. The van der Waals surface area contributed by atoms with E-state index in [0.29, 0.717) is 10.6 Å². The zero-order valence-corrected chi connectivity index (χ0v) is 13.2. The van der Waals surface area contributed by atoms with Gasteiger partial charge in [-0.2, -0.15) is 13.2 Å². The van der Waals surface area contributed by atoms with Crippen LogP contribution in [-0.4, -0.2) is 20.7 Å². The number of halogens is 4. The summed E-state index contributed by atoms with van der Waals surface area (Å²) in [6.07, 6.45) is -3.74. The van der Waals surface area contributed by atoms with Crippen LogP contribution in [0.15, 0.2) is 51.9 Å². The highest BCUT2D eigenvalue weighted by atomic mass is 19.4. The molecule has 2 heterocycles. The highest BCUT2D eigenvalue weighted by Crippen LogP contribution is 2.30. The molecule has 3 aromatic rings. The lowest BCUT2D eigenvalue weighted by molar-refractivity contribution is -0.137. The number of hydrogen-bond donors (Lipinski definition) is 0. The predicted octanol–water partition coefficient (Wildman–Crippen LogP) is 2.87. The summed E-state index contributed by atoms with van der Waals surface area (Å²) in [4.78, 5) is 27.4. The standard InChI is InChI=1S/C16H9F4N3O4/c17-11-3-1-2-9(6-11)14(24)26-8-23-13(22-27-15(23)25)12-7-10(4-5-21-12)16(18,19)20/h1-7H,8H2. The zero-order chi connectivity index (χ0) is 19.6. The molecule has 2 aromatic heterocycles. The lowest BCUT2D eigenvalue weighted by atomic mass is 10.2.